The Hall–Kier alpha value is -4.66. The quantitative estimate of drug-likeness (QED) is 0.316. The third kappa shape index (κ3) is 3.56. The number of nitrogens with zero attached hydrogens (tertiary/aromatic N) is 2. The molecule has 2 N–H and O–H groups in total. The van der Waals surface area contributed by atoms with Crippen molar-refractivity contribution in [3.8, 4) is 11.5 Å². The molecule has 0 radical (unpaired) electrons. The maximum absolute atomic E-state index is 13.9. The highest BCUT2D eigenvalue weighted by atomic mass is 16.7. The smallest absolute Gasteiger partial charge is 0.200 e. The van der Waals surface area contributed by atoms with Gasteiger partial charge < -0.3 is 10.2 Å². The first-order chi connectivity index (χ1) is 17.5. The van der Waals surface area contributed by atoms with Gasteiger partial charge in [0.1, 0.15) is 11.5 Å². The average Bonchev–Trinajstić information content (AvgIpc) is 2.90. The number of carbonyl (C=O) groups excluding carboxylic acids is 2. The lowest BCUT2D eigenvalue weighted by molar-refractivity contribution is 0.0971. The van der Waals surface area contributed by atoms with Crippen LogP contribution in [0.25, 0.3) is 0 Å². The van der Waals surface area contributed by atoms with E-state index >= 15 is 0 Å². The molecular formula is C28H22N2O6. The molecule has 0 heterocycles. The van der Waals surface area contributed by atoms with Gasteiger partial charge in [-0.2, -0.15) is 0 Å². The van der Waals surface area contributed by atoms with Crippen molar-refractivity contribution in [2.75, 3.05) is 24.3 Å². The van der Waals surface area contributed by atoms with E-state index in [9.17, 15) is 19.8 Å². The summed E-state index contributed by atoms with van der Waals surface area (Å²) in [4.78, 5) is 39.0. The van der Waals surface area contributed by atoms with Gasteiger partial charge in [-0.25, -0.2) is 10.1 Å². The van der Waals surface area contributed by atoms with Gasteiger partial charge in [0.15, 0.2) is 0 Å². The van der Waals surface area contributed by atoms with Crippen LogP contribution in [0.2, 0.25) is 0 Å². The zero-order chi connectivity index (χ0) is 25.4. The summed E-state index contributed by atoms with van der Waals surface area (Å²) < 4.78 is 0. The number of fused-ring (bicyclic) bond motifs is 2. The third-order valence-electron chi connectivity index (χ3n) is 6.02. The molecule has 0 saturated carbocycles. The Morgan fingerprint density at radius 1 is 0.528 bits per heavy atom. The predicted molar refractivity (Wildman–Crippen MR) is 134 cm³/mol. The minimum absolute atomic E-state index is 0.0747. The molecule has 0 bridgehead atoms. The number of benzene rings is 4. The number of phenolic OH excluding ortho intramolecular Hbond substituents is 2. The lowest BCUT2D eigenvalue weighted by Crippen LogP contribution is -2.28. The monoisotopic (exact) mass is 482 g/mol. The number of carbonyl (C=O) groups is 2. The highest BCUT2D eigenvalue weighted by molar-refractivity contribution is 6.33. The van der Waals surface area contributed by atoms with Crippen LogP contribution in [0.4, 0.5) is 22.7 Å². The van der Waals surface area contributed by atoms with Crippen molar-refractivity contribution in [1.82, 2.24) is 0 Å². The first-order valence-corrected chi connectivity index (χ1v) is 11.1. The number of para-hydroxylation sites is 2. The second-order valence-corrected chi connectivity index (χ2v) is 7.99. The van der Waals surface area contributed by atoms with E-state index in [1.807, 2.05) is 12.1 Å². The number of phenols is 2. The van der Waals surface area contributed by atoms with Crippen molar-refractivity contribution < 1.29 is 29.5 Å². The number of aromatic hydroxyl groups is 2. The summed E-state index contributed by atoms with van der Waals surface area (Å²) in [5.74, 6) is -1.99. The lowest BCUT2D eigenvalue weighted by Gasteiger charge is -2.30. The van der Waals surface area contributed by atoms with Crippen molar-refractivity contribution in [1.29, 1.82) is 0 Å². The van der Waals surface area contributed by atoms with E-state index in [-0.39, 0.29) is 45.1 Å². The fourth-order valence-electron chi connectivity index (χ4n) is 4.48. The molecule has 1 aliphatic carbocycles. The maximum atomic E-state index is 13.9. The van der Waals surface area contributed by atoms with Gasteiger partial charge in [-0.3, -0.25) is 19.3 Å². The molecule has 36 heavy (non-hydrogen) atoms. The zero-order valence-corrected chi connectivity index (χ0v) is 19.5. The molecule has 0 saturated heterocycles. The summed E-state index contributed by atoms with van der Waals surface area (Å²) >= 11 is 0. The molecule has 0 amide bonds. The van der Waals surface area contributed by atoms with Crippen LogP contribution in [-0.4, -0.2) is 36.0 Å². The van der Waals surface area contributed by atoms with E-state index < -0.39 is 11.6 Å². The van der Waals surface area contributed by atoms with Crippen LogP contribution in [0.5, 0.6) is 11.5 Å². The van der Waals surface area contributed by atoms with Crippen molar-refractivity contribution in [3.05, 3.63) is 107 Å². The van der Waals surface area contributed by atoms with Gasteiger partial charge in [-0.15, -0.1) is 0 Å². The molecule has 5 rings (SSSR count). The SMILES string of the molecule is CON(c1ccccc1)c1ccc(O)c2c1C(=O)c1c(O)ccc(N(OC)c3ccccc3)c1C2=O. The fraction of sp³-hybridized carbons (Fsp3) is 0.0714. The van der Waals surface area contributed by atoms with Crippen molar-refractivity contribution in [2.24, 2.45) is 0 Å². The molecule has 0 unspecified atom stereocenters. The van der Waals surface area contributed by atoms with Gasteiger partial charge in [-0.05, 0) is 48.5 Å². The molecule has 8 heteroatoms. The van der Waals surface area contributed by atoms with Gasteiger partial charge in [0.25, 0.3) is 0 Å². The third-order valence-corrected chi connectivity index (χ3v) is 6.02. The number of ketones is 2. The lowest BCUT2D eigenvalue weighted by atomic mass is 9.81. The van der Waals surface area contributed by atoms with E-state index in [4.69, 9.17) is 9.68 Å². The molecule has 4 aromatic rings. The van der Waals surface area contributed by atoms with E-state index in [0.29, 0.717) is 11.4 Å². The standard InChI is InChI=1S/C28H22N2O6/c1-35-29(17-9-5-3-6-10-17)19-13-15-21(31)25-23(19)27(33)26-22(32)16-14-20(24(26)28(25)34)30(36-2)18-11-7-4-8-12-18/h3-16,31-32H,1-2H3. The largest absolute Gasteiger partial charge is 0.507 e. The Kier molecular flexibility index (Phi) is 5.89. The van der Waals surface area contributed by atoms with E-state index in [1.54, 1.807) is 48.5 Å². The molecule has 0 aromatic heterocycles. The maximum Gasteiger partial charge on any atom is 0.200 e. The summed E-state index contributed by atoms with van der Waals surface area (Å²) in [5.41, 5.74) is 1.19. The number of anilines is 4. The molecule has 0 atom stereocenters. The first kappa shape index (κ1) is 23.1. The number of hydrogen-bond acceptors (Lipinski definition) is 8. The Morgan fingerprint density at radius 2 is 0.889 bits per heavy atom. The molecule has 0 aliphatic heterocycles. The van der Waals surface area contributed by atoms with Gasteiger partial charge >= 0.3 is 0 Å². The van der Waals surface area contributed by atoms with Gasteiger partial charge in [-0.1, -0.05) is 36.4 Å². The van der Waals surface area contributed by atoms with E-state index in [0.717, 1.165) is 0 Å². The zero-order valence-electron chi connectivity index (χ0n) is 19.5. The Labute approximate surface area is 207 Å². The van der Waals surface area contributed by atoms with Crippen LogP contribution in [-0.2, 0) is 9.68 Å². The van der Waals surface area contributed by atoms with Crippen molar-refractivity contribution in [2.45, 2.75) is 0 Å². The van der Waals surface area contributed by atoms with Gasteiger partial charge in [0.2, 0.25) is 11.6 Å². The van der Waals surface area contributed by atoms with Crippen LogP contribution in [0.3, 0.4) is 0 Å². The van der Waals surface area contributed by atoms with Gasteiger partial charge in [0.05, 0.1) is 59.2 Å². The Morgan fingerprint density at radius 3 is 1.22 bits per heavy atom. The molecule has 0 fully saturated rings. The molecule has 4 aromatic carbocycles. The molecular weight excluding hydrogens is 460 g/mol. The first-order valence-electron chi connectivity index (χ1n) is 11.1. The van der Waals surface area contributed by atoms with Crippen LogP contribution < -0.4 is 10.1 Å². The van der Waals surface area contributed by atoms with Crippen LogP contribution in [0, 0.1) is 0 Å². The number of rotatable bonds is 6. The van der Waals surface area contributed by atoms with Crippen LogP contribution in [0.1, 0.15) is 31.8 Å². The summed E-state index contributed by atoms with van der Waals surface area (Å²) in [6.45, 7) is 0. The predicted octanol–water partition coefficient (Wildman–Crippen LogP) is 5.27. The highest BCUT2D eigenvalue weighted by Crippen LogP contribution is 2.46. The summed E-state index contributed by atoms with van der Waals surface area (Å²) in [6.07, 6.45) is 0. The molecule has 8 nitrogen and oxygen atoms in total. The highest BCUT2D eigenvalue weighted by Gasteiger charge is 2.40. The fourth-order valence-corrected chi connectivity index (χ4v) is 4.48. The van der Waals surface area contributed by atoms with E-state index in [1.165, 1.54) is 48.6 Å². The normalized spacial score (nSPS) is 12.2. The van der Waals surface area contributed by atoms with Crippen LogP contribution in [0.15, 0.2) is 84.9 Å². The van der Waals surface area contributed by atoms with Crippen molar-refractivity contribution in [3.63, 3.8) is 0 Å². The second kappa shape index (κ2) is 9.18. The molecule has 180 valence electrons. The minimum Gasteiger partial charge on any atom is -0.507 e. The Balaban J connectivity index is 1.75. The van der Waals surface area contributed by atoms with Gasteiger partial charge in [0, 0.05) is 0 Å². The summed E-state index contributed by atoms with van der Waals surface area (Å²) in [6, 6.07) is 23.7. The molecule has 0 spiro atoms. The van der Waals surface area contributed by atoms with Crippen LogP contribution >= 0.6 is 0 Å². The Bertz CT molecular complexity index is 1360. The summed E-state index contributed by atoms with van der Waals surface area (Å²) in [7, 11) is 2.86. The van der Waals surface area contributed by atoms with E-state index in [2.05, 4.69) is 0 Å². The topological polar surface area (TPSA) is 99.5 Å². The average molecular weight is 482 g/mol. The number of hydrogen-bond donors (Lipinski definition) is 2. The summed E-state index contributed by atoms with van der Waals surface area (Å²) in [5, 5.41) is 24.3. The minimum atomic E-state index is -0.632. The molecule has 1 aliphatic rings. The second-order valence-electron chi connectivity index (χ2n) is 7.99. The van der Waals surface area contributed by atoms with Crippen molar-refractivity contribution >= 4 is 34.3 Å².